The Balaban J connectivity index is 2.20. The number of methoxy groups -OCH3 is 1. The molecule has 2 aromatic rings. The lowest BCUT2D eigenvalue weighted by Crippen LogP contribution is -2.17. The first-order valence-electron chi connectivity index (χ1n) is 8.59. The summed E-state index contributed by atoms with van der Waals surface area (Å²) in [5.41, 5.74) is 2.04. The molecule has 0 atom stereocenters. The van der Waals surface area contributed by atoms with Crippen molar-refractivity contribution in [2.24, 2.45) is 0 Å². The minimum Gasteiger partial charge on any atom is -0.465 e. The highest BCUT2D eigenvalue weighted by atomic mass is 35.5. The van der Waals surface area contributed by atoms with Crippen LogP contribution in [-0.4, -0.2) is 41.3 Å². The summed E-state index contributed by atoms with van der Waals surface area (Å²) in [6.45, 7) is 7.45. The van der Waals surface area contributed by atoms with E-state index in [2.05, 4.69) is 10.4 Å². The van der Waals surface area contributed by atoms with Crippen molar-refractivity contribution in [3.05, 3.63) is 32.4 Å². The maximum atomic E-state index is 12.4. The fourth-order valence-corrected chi connectivity index (χ4v) is 3.87. The van der Waals surface area contributed by atoms with E-state index in [1.165, 1.54) is 7.11 Å². The molecule has 1 amide bonds. The van der Waals surface area contributed by atoms with Crippen LogP contribution in [0.3, 0.4) is 0 Å². The highest BCUT2D eigenvalue weighted by Gasteiger charge is 2.27. The summed E-state index contributed by atoms with van der Waals surface area (Å²) < 4.78 is 11.5. The Morgan fingerprint density at radius 3 is 2.43 bits per heavy atom. The smallest absolute Gasteiger partial charge is 0.348 e. The van der Waals surface area contributed by atoms with E-state index in [1.54, 1.807) is 25.5 Å². The van der Waals surface area contributed by atoms with Crippen LogP contribution in [-0.2, 0) is 20.8 Å². The van der Waals surface area contributed by atoms with Gasteiger partial charge in [-0.1, -0.05) is 11.6 Å². The SMILES string of the molecule is CCOC(=O)c1sc(NC(=O)CCn2nc(C)c(Cl)c2C)c(C(=O)OC)c1C. The highest BCUT2D eigenvalue weighted by molar-refractivity contribution is 7.18. The molecule has 0 fully saturated rings. The fourth-order valence-electron chi connectivity index (χ4n) is 2.63. The Morgan fingerprint density at radius 1 is 1.21 bits per heavy atom. The van der Waals surface area contributed by atoms with Crippen molar-refractivity contribution in [1.82, 2.24) is 9.78 Å². The van der Waals surface area contributed by atoms with Gasteiger partial charge in [-0.25, -0.2) is 9.59 Å². The first-order chi connectivity index (χ1) is 13.2. The molecule has 0 aliphatic heterocycles. The lowest BCUT2D eigenvalue weighted by atomic mass is 10.1. The molecule has 152 valence electrons. The fraction of sp³-hybridized carbons (Fsp3) is 0.444. The lowest BCUT2D eigenvalue weighted by Gasteiger charge is -2.07. The molecule has 0 saturated carbocycles. The first-order valence-corrected chi connectivity index (χ1v) is 9.78. The molecule has 2 aromatic heterocycles. The Labute approximate surface area is 171 Å². The van der Waals surface area contributed by atoms with E-state index in [1.807, 2.05) is 6.92 Å². The molecule has 2 heterocycles. The Kier molecular flexibility index (Phi) is 7.20. The third kappa shape index (κ3) is 4.53. The molecule has 0 unspecified atom stereocenters. The molecule has 0 bridgehead atoms. The van der Waals surface area contributed by atoms with Gasteiger partial charge in [0.05, 0.1) is 42.2 Å². The van der Waals surface area contributed by atoms with E-state index in [-0.39, 0.29) is 34.4 Å². The largest absolute Gasteiger partial charge is 0.465 e. The maximum absolute atomic E-state index is 12.4. The Hall–Kier alpha value is -2.39. The second-order valence-corrected chi connectivity index (χ2v) is 7.38. The van der Waals surface area contributed by atoms with Crippen molar-refractivity contribution < 1.29 is 23.9 Å². The van der Waals surface area contributed by atoms with Gasteiger partial charge in [-0.05, 0) is 33.3 Å². The molecule has 0 aromatic carbocycles. The van der Waals surface area contributed by atoms with Crippen molar-refractivity contribution in [3.8, 4) is 0 Å². The third-order valence-corrected chi connectivity index (χ3v) is 5.83. The molecule has 0 saturated heterocycles. The summed E-state index contributed by atoms with van der Waals surface area (Å²) in [7, 11) is 1.24. The zero-order valence-corrected chi connectivity index (χ0v) is 17.9. The van der Waals surface area contributed by atoms with E-state index in [4.69, 9.17) is 21.1 Å². The molecular formula is C18H22ClN3O5S. The summed E-state index contributed by atoms with van der Waals surface area (Å²) >= 11 is 7.10. The second kappa shape index (κ2) is 9.20. The quantitative estimate of drug-likeness (QED) is 0.678. The van der Waals surface area contributed by atoms with Crippen LogP contribution in [0.25, 0.3) is 0 Å². The van der Waals surface area contributed by atoms with E-state index in [0.29, 0.717) is 22.8 Å². The molecular weight excluding hydrogens is 406 g/mol. The number of aryl methyl sites for hydroxylation is 2. The van der Waals surface area contributed by atoms with Gasteiger partial charge in [0, 0.05) is 6.42 Å². The molecule has 10 heteroatoms. The summed E-state index contributed by atoms with van der Waals surface area (Å²) in [5, 5.41) is 7.80. The van der Waals surface area contributed by atoms with Gasteiger partial charge in [0.25, 0.3) is 0 Å². The van der Waals surface area contributed by atoms with Crippen molar-refractivity contribution in [3.63, 3.8) is 0 Å². The molecule has 0 radical (unpaired) electrons. The summed E-state index contributed by atoms with van der Waals surface area (Å²) in [4.78, 5) is 36.9. The molecule has 1 N–H and O–H groups in total. The van der Waals surface area contributed by atoms with Gasteiger partial charge in [-0.15, -0.1) is 11.3 Å². The second-order valence-electron chi connectivity index (χ2n) is 5.98. The van der Waals surface area contributed by atoms with Crippen molar-refractivity contribution in [2.75, 3.05) is 19.0 Å². The minimum atomic E-state index is -0.634. The Bertz CT molecular complexity index is 919. The van der Waals surface area contributed by atoms with Gasteiger partial charge in [0.1, 0.15) is 9.88 Å². The number of rotatable bonds is 7. The monoisotopic (exact) mass is 427 g/mol. The molecule has 0 aliphatic rings. The van der Waals surface area contributed by atoms with Crippen LogP contribution in [0.15, 0.2) is 0 Å². The number of carbonyl (C=O) groups is 3. The normalized spacial score (nSPS) is 10.6. The molecule has 0 aliphatic carbocycles. The predicted molar refractivity (Wildman–Crippen MR) is 106 cm³/mol. The average Bonchev–Trinajstić information content (AvgIpc) is 3.10. The van der Waals surface area contributed by atoms with Crippen LogP contribution < -0.4 is 5.32 Å². The van der Waals surface area contributed by atoms with Crippen LogP contribution in [0.2, 0.25) is 5.02 Å². The minimum absolute atomic E-state index is 0.116. The maximum Gasteiger partial charge on any atom is 0.348 e. The summed E-state index contributed by atoms with van der Waals surface area (Å²) in [5.74, 6) is -1.51. The number of amides is 1. The van der Waals surface area contributed by atoms with Crippen LogP contribution in [0.1, 0.15) is 50.3 Å². The number of thiophene rings is 1. The molecule has 28 heavy (non-hydrogen) atoms. The third-order valence-electron chi connectivity index (χ3n) is 4.09. The molecule has 2 rings (SSSR count). The zero-order chi connectivity index (χ0) is 21.0. The number of nitrogens with one attached hydrogen (secondary N) is 1. The number of esters is 2. The van der Waals surface area contributed by atoms with Crippen molar-refractivity contribution >= 4 is 45.8 Å². The number of carbonyl (C=O) groups excluding carboxylic acids is 3. The first kappa shape index (κ1) is 21.9. The lowest BCUT2D eigenvalue weighted by molar-refractivity contribution is -0.116. The van der Waals surface area contributed by atoms with Gasteiger partial charge in [0.2, 0.25) is 5.91 Å². The van der Waals surface area contributed by atoms with Gasteiger partial charge in [0.15, 0.2) is 0 Å². The number of ether oxygens (including phenoxy) is 2. The zero-order valence-electron chi connectivity index (χ0n) is 16.3. The van der Waals surface area contributed by atoms with Gasteiger partial charge < -0.3 is 14.8 Å². The number of halogens is 1. The van der Waals surface area contributed by atoms with Gasteiger partial charge in [-0.2, -0.15) is 5.10 Å². The summed E-state index contributed by atoms with van der Waals surface area (Å²) in [6, 6.07) is 0. The van der Waals surface area contributed by atoms with Crippen LogP contribution >= 0.6 is 22.9 Å². The number of hydrogen-bond acceptors (Lipinski definition) is 7. The Morgan fingerprint density at radius 2 is 1.89 bits per heavy atom. The number of anilines is 1. The number of aromatic nitrogens is 2. The highest BCUT2D eigenvalue weighted by Crippen LogP contribution is 2.34. The molecule has 8 nitrogen and oxygen atoms in total. The van der Waals surface area contributed by atoms with Crippen LogP contribution in [0.4, 0.5) is 5.00 Å². The van der Waals surface area contributed by atoms with Crippen molar-refractivity contribution in [1.29, 1.82) is 0 Å². The standard InChI is InChI=1S/C18H22ClN3O5S/c1-6-27-18(25)15-9(2)13(17(24)26-5)16(28-15)20-12(23)7-8-22-11(4)14(19)10(3)21-22/h6-8H2,1-5H3,(H,20,23). The molecule has 0 spiro atoms. The number of hydrogen-bond donors (Lipinski definition) is 1. The number of nitrogens with zero attached hydrogens (tertiary/aromatic N) is 2. The summed E-state index contributed by atoms with van der Waals surface area (Å²) in [6.07, 6.45) is 0.116. The topological polar surface area (TPSA) is 99.5 Å². The van der Waals surface area contributed by atoms with E-state index >= 15 is 0 Å². The van der Waals surface area contributed by atoms with E-state index in [0.717, 1.165) is 17.0 Å². The van der Waals surface area contributed by atoms with Gasteiger partial charge in [-0.3, -0.25) is 9.48 Å². The predicted octanol–water partition coefficient (Wildman–Crippen LogP) is 3.52. The van der Waals surface area contributed by atoms with E-state index < -0.39 is 11.9 Å². The van der Waals surface area contributed by atoms with Gasteiger partial charge >= 0.3 is 11.9 Å². The van der Waals surface area contributed by atoms with Crippen LogP contribution in [0.5, 0.6) is 0 Å². The van der Waals surface area contributed by atoms with Crippen molar-refractivity contribution in [2.45, 2.75) is 40.7 Å². The van der Waals surface area contributed by atoms with E-state index in [9.17, 15) is 14.4 Å². The average molecular weight is 428 g/mol. The van der Waals surface area contributed by atoms with Crippen LogP contribution in [0, 0.1) is 20.8 Å².